The number of pyridine rings is 1. The molecule has 1 aliphatic heterocycles. The van der Waals surface area contributed by atoms with Gasteiger partial charge in [0.25, 0.3) is 0 Å². The number of nitrogens with zero attached hydrogens (tertiary/aromatic N) is 2. The maximum absolute atomic E-state index is 5.49. The van der Waals surface area contributed by atoms with Crippen LogP contribution in [0, 0.1) is 0 Å². The van der Waals surface area contributed by atoms with Crippen molar-refractivity contribution >= 4 is 5.82 Å². The van der Waals surface area contributed by atoms with Crippen molar-refractivity contribution in [2.24, 2.45) is 0 Å². The summed E-state index contributed by atoms with van der Waals surface area (Å²) in [5, 5.41) is 3.51. The van der Waals surface area contributed by atoms with Crippen LogP contribution in [0.15, 0.2) is 12.1 Å². The molecule has 0 saturated carbocycles. The minimum absolute atomic E-state index is 0.488. The molecule has 0 amide bonds. The van der Waals surface area contributed by atoms with Gasteiger partial charge in [-0.3, -0.25) is 0 Å². The van der Waals surface area contributed by atoms with Crippen molar-refractivity contribution in [3.63, 3.8) is 0 Å². The molecule has 0 fully saturated rings. The number of aromatic nitrogens is 1. The average Bonchev–Trinajstić information content (AvgIpc) is 2.55. The highest BCUT2D eigenvalue weighted by molar-refractivity contribution is 5.48. The lowest BCUT2D eigenvalue weighted by Crippen LogP contribution is -2.33. The monoisotopic (exact) mass is 319 g/mol. The van der Waals surface area contributed by atoms with Crippen LogP contribution < -0.4 is 5.32 Å². The van der Waals surface area contributed by atoms with Crippen LogP contribution >= 0.6 is 0 Å². The summed E-state index contributed by atoms with van der Waals surface area (Å²) in [6.45, 7) is 9.25. The van der Waals surface area contributed by atoms with E-state index < -0.39 is 0 Å². The maximum Gasteiger partial charge on any atom is 0.129 e. The Bertz CT molecular complexity index is 478. The molecule has 0 radical (unpaired) electrons. The quantitative estimate of drug-likeness (QED) is 0.707. The van der Waals surface area contributed by atoms with Crippen molar-refractivity contribution in [1.29, 1.82) is 0 Å². The second-order valence-corrected chi connectivity index (χ2v) is 6.84. The first-order valence-corrected chi connectivity index (χ1v) is 9.13. The van der Waals surface area contributed by atoms with Crippen molar-refractivity contribution in [2.45, 2.75) is 65.0 Å². The lowest BCUT2D eigenvalue weighted by Gasteiger charge is -2.24. The summed E-state index contributed by atoms with van der Waals surface area (Å²) in [5.41, 5.74) is 2.59. The van der Waals surface area contributed by atoms with Crippen molar-refractivity contribution < 1.29 is 4.74 Å². The van der Waals surface area contributed by atoms with E-state index in [-0.39, 0.29) is 0 Å². The molecule has 23 heavy (non-hydrogen) atoms. The number of anilines is 1. The standard InChI is InChI=1S/C19H33N3O/c1-5-23-14-16(3)22(4)13-7-6-8-18-12-11-17-10-9-15(2)20-19(17)21-18/h11-12,15-16H,5-10,13-14H2,1-4H3,(H,20,21)/t15?,16-/m1/s1. The molecule has 0 saturated heterocycles. The van der Waals surface area contributed by atoms with Crippen LogP contribution in [0.4, 0.5) is 5.82 Å². The van der Waals surface area contributed by atoms with Crippen molar-refractivity contribution in [2.75, 3.05) is 32.1 Å². The van der Waals surface area contributed by atoms with E-state index in [1.165, 1.54) is 30.5 Å². The molecule has 4 nitrogen and oxygen atoms in total. The van der Waals surface area contributed by atoms with Gasteiger partial charge in [-0.05, 0) is 78.1 Å². The molecule has 0 aromatic carbocycles. The number of hydrogen-bond donors (Lipinski definition) is 1. The van der Waals surface area contributed by atoms with E-state index in [1.807, 2.05) is 6.92 Å². The third-order valence-corrected chi connectivity index (χ3v) is 4.78. The molecule has 2 atom stereocenters. The van der Waals surface area contributed by atoms with Crippen molar-refractivity contribution in [3.8, 4) is 0 Å². The van der Waals surface area contributed by atoms with Gasteiger partial charge in [0.1, 0.15) is 5.82 Å². The molecular weight excluding hydrogens is 286 g/mol. The van der Waals surface area contributed by atoms with Gasteiger partial charge < -0.3 is 15.0 Å². The Morgan fingerprint density at radius 2 is 2.22 bits per heavy atom. The molecule has 0 bridgehead atoms. The van der Waals surface area contributed by atoms with Gasteiger partial charge in [-0.25, -0.2) is 4.98 Å². The first kappa shape index (κ1) is 18.2. The minimum atomic E-state index is 0.488. The van der Waals surface area contributed by atoms with E-state index in [2.05, 4.69) is 43.2 Å². The number of likely N-dealkylation sites (N-methyl/N-ethyl adjacent to an activating group) is 1. The van der Waals surface area contributed by atoms with Crippen LogP contribution in [-0.2, 0) is 17.6 Å². The van der Waals surface area contributed by atoms with Gasteiger partial charge in [0.2, 0.25) is 0 Å². The van der Waals surface area contributed by atoms with E-state index in [0.717, 1.165) is 38.4 Å². The van der Waals surface area contributed by atoms with E-state index in [4.69, 9.17) is 9.72 Å². The molecule has 1 aromatic rings. The molecule has 1 N–H and O–H groups in total. The van der Waals surface area contributed by atoms with Crippen LogP contribution in [0.5, 0.6) is 0 Å². The molecule has 4 heteroatoms. The second-order valence-electron chi connectivity index (χ2n) is 6.84. The summed E-state index contributed by atoms with van der Waals surface area (Å²) in [5.74, 6) is 1.11. The highest BCUT2D eigenvalue weighted by atomic mass is 16.5. The van der Waals surface area contributed by atoms with Crippen LogP contribution in [-0.4, -0.2) is 48.8 Å². The summed E-state index contributed by atoms with van der Waals surface area (Å²) in [6.07, 6.45) is 5.82. The van der Waals surface area contributed by atoms with Gasteiger partial charge in [0.05, 0.1) is 6.61 Å². The van der Waals surface area contributed by atoms with E-state index in [0.29, 0.717) is 12.1 Å². The number of fused-ring (bicyclic) bond motifs is 1. The zero-order valence-corrected chi connectivity index (χ0v) is 15.3. The van der Waals surface area contributed by atoms with Gasteiger partial charge in [0.15, 0.2) is 0 Å². The molecule has 1 aromatic heterocycles. The van der Waals surface area contributed by atoms with Crippen LogP contribution in [0.3, 0.4) is 0 Å². The van der Waals surface area contributed by atoms with Gasteiger partial charge in [-0.1, -0.05) is 6.07 Å². The third kappa shape index (κ3) is 5.78. The number of aryl methyl sites for hydroxylation is 2. The lowest BCUT2D eigenvalue weighted by molar-refractivity contribution is 0.0845. The Hall–Kier alpha value is -1.13. The first-order chi connectivity index (χ1) is 11.1. The largest absolute Gasteiger partial charge is 0.380 e. The zero-order valence-electron chi connectivity index (χ0n) is 15.3. The number of nitrogens with one attached hydrogen (secondary N) is 1. The molecule has 130 valence electrons. The van der Waals surface area contributed by atoms with E-state index >= 15 is 0 Å². The molecule has 0 spiro atoms. The number of hydrogen-bond acceptors (Lipinski definition) is 4. The summed E-state index contributed by atoms with van der Waals surface area (Å²) in [7, 11) is 2.19. The number of rotatable bonds is 9. The van der Waals surface area contributed by atoms with Gasteiger partial charge in [-0.15, -0.1) is 0 Å². The fraction of sp³-hybridized carbons (Fsp3) is 0.737. The van der Waals surface area contributed by atoms with Crippen LogP contribution in [0.25, 0.3) is 0 Å². The van der Waals surface area contributed by atoms with Gasteiger partial charge in [0, 0.05) is 24.4 Å². The van der Waals surface area contributed by atoms with E-state index in [9.17, 15) is 0 Å². The molecular formula is C19H33N3O. The SMILES string of the molecule is CCOC[C@@H](C)N(C)CCCCc1ccc2c(n1)NC(C)CC2. The van der Waals surface area contributed by atoms with Gasteiger partial charge in [-0.2, -0.15) is 0 Å². The summed E-state index contributed by atoms with van der Waals surface area (Å²) in [4.78, 5) is 7.20. The Labute approximate surface area is 141 Å². The molecule has 2 rings (SSSR count). The Balaban J connectivity index is 1.71. The van der Waals surface area contributed by atoms with Crippen molar-refractivity contribution in [3.05, 3.63) is 23.4 Å². The lowest BCUT2D eigenvalue weighted by atomic mass is 10.0. The minimum Gasteiger partial charge on any atom is -0.380 e. The highest BCUT2D eigenvalue weighted by Gasteiger charge is 2.15. The second kappa shape index (κ2) is 9.24. The fourth-order valence-electron chi connectivity index (χ4n) is 2.98. The van der Waals surface area contributed by atoms with Crippen LogP contribution in [0.1, 0.15) is 51.3 Å². The first-order valence-electron chi connectivity index (χ1n) is 9.13. The van der Waals surface area contributed by atoms with E-state index in [1.54, 1.807) is 0 Å². The smallest absolute Gasteiger partial charge is 0.129 e. The zero-order chi connectivity index (χ0) is 16.7. The Morgan fingerprint density at radius 1 is 1.39 bits per heavy atom. The summed E-state index contributed by atoms with van der Waals surface area (Å²) in [6, 6.07) is 5.50. The molecule has 1 unspecified atom stereocenters. The Morgan fingerprint density at radius 3 is 3.00 bits per heavy atom. The molecule has 1 aliphatic rings. The fourth-order valence-corrected chi connectivity index (χ4v) is 2.98. The number of unbranched alkanes of at least 4 members (excludes halogenated alkanes) is 1. The van der Waals surface area contributed by atoms with Crippen molar-refractivity contribution in [1.82, 2.24) is 9.88 Å². The predicted molar refractivity (Wildman–Crippen MR) is 97.2 cm³/mol. The average molecular weight is 319 g/mol. The topological polar surface area (TPSA) is 37.4 Å². The summed E-state index contributed by atoms with van der Waals surface area (Å²) < 4.78 is 5.49. The highest BCUT2D eigenvalue weighted by Crippen LogP contribution is 2.23. The maximum atomic E-state index is 5.49. The summed E-state index contributed by atoms with van der Waals surface area (Å²) >= 11 is 0. The normalized spacial score (nSPS) is 18.6. The third-order valence-electron chi connectivity index (χ3n) is 4.78. The van der Waals surface area contributed by atoms with Gasteiger partial charge >= 0.3 is 0 Å². The molecule has 2 heterocycles. The number of ether oxygens (including phenoxy) is 1. The Kier molecular flexibility index (Phi) is 7.31. The molecule has 0 aliphatic carbocycles. The van der Waals surface area contributed by atoms with Crippen LogP contribution in [0.2, 0.25) is 0 Å². The predicted octanol–water partition coefficient (Wildman–Crippen LogP) is 3.51.